The summed E-state index contributed by atoms with van der Waals surface area (Å²) in [5.41, 5.74) is 5.91. The molecule has 0 aromatic heterocycles. The summed E-state index contributed by atoms with van der Waals surface area (Å²) in [5.74, 6) is -0.306. The zero-order chi connectivity index (χ0) is 18.3. The second-order valence-electron chi connectivity index (χ2n) is 6.20. The van der Waals surface area contributed by atoms with Gasteiger partial charge >= 0.3 is 5.97 Å². The molecule has 7 heteroatoms. The highest BCUT2D eigenvalue weighted by molar-refractivity contribution is 5.85. The van der Waals surface area contributed by atoms with Gasteiger partial charge in [0.1, 0.15) is 11.5 Å². The van der Waals surface area contributed by atoms with Crippen molar-refractivity contribution >= 4 is 12.2 Å². The van der Waals surface area contributed by atoms with Gasteiger partial charge in [-0.05, 0) is 45.4 Å². The maximum Gasteiger partial charge on any atom is 0.315 e. The summed E-state index contributed by atoms with van der Waals surface area (Å²) in [4.78, 5) is 12.6. The number of benzene rings is 1. The molecule has 0 radical (unpaired) electrons. The van der Waals surface area contributed by atoms with Crippen LogP contribution in [0.5, 0.6) is 11.5 Å². The lowest BCUT2D eigenvalue weighted by atomic mass is 9.92. The fourth-order valence-electron chi connectivity index (χ4n) is 2.20. The lowest BCUT2D eigenvalue weighted by molar-refractivity contribution is -0.156. The van der Waals surface area contributed by atoms with Crippen LogP contribution in [0.4, 0.5) is 0 Å². The van der Waals surface area contributed by atoms with Crippen LogP contribution < -0.4 is 15.2 Å². The Morgan fingerprint density at radius 2 is 2.04 bits per heavy atom. The van der Waals surface area contributed by atoms with Crippen molar-refractivity contribution in [3.05, 3.63) is 23.8 Å². The Balaban J connectivity index is 3.28. The van der Waals surface area contributed by atoms with E-state index < -0.39 is 23.5 Å². The molecule has 0 spiro atoms. The molecular weight excluding hydrogens is 312 g/mol. The summed E-state index contributed by atoms with van der Waals surface area (Å²) in [6.45, 7) is 7.61. The molecular formula is C17H26N2O5. The van der Waals surface area contributed by atoms with E-state index in [9.17, 15) is 4.79 Å². The highest BCUT2D eigenvalue weighted by atomic mass is 16.6. The fourth-order valence-corrected chi connectivity index (χ4v) is 2.20. The van der Waals surface area contributed by atoms with Crippen molar-refractivity contribution in [2.75, 3.05) is 13.7 Å². The van der Waals surface area contributed by atoms with Crippen molar-refractivity contribution < 1.29 is 24.2 Å². The number of hydrogen-bond acceptors (Lipinski definition) is 7. The number of methoxy groups -OCH3 is 1. The van der Waals surface area contributed by atoms with E-state index in [0.717, 1.165) is 6.21 Å². The van der Waals surface area contributed by atoms with Crippen molar-refractivity contribution in [2.24, 2.45) is 10.9 Å². The Morgan fingerprint density at radius 1 is 1.38 bits per heavy atom. The van der Waals surface area contributed by atoms with Gasteiger partial charge in [0.25, 0.3) is 0 Å². The van der Waals surface area contributed by atoms with E-state index in [4.69, 9.17) is 25.2 Å². The molecule has 0 aliphatic rings. The van der Waals surface area contributed by atoms with Crippen molar-refractivity contribution in [2.45, 2.75) is 45.3 Å². The van der Waals surface area contributed by atoms with Gasteiger partial charge in [-0.1, -0.05) is 6.07 Å². The molecule has 0 fully saturated rings. The van der Waals surface area contributed by atoms with Gasteiger partial charge in [0, 0.05) is 0 Å². The molecule has 0 heterocycles. The summed E-state index contributed by atoms with van der Waals surface area (Å²) >= 11 is 0. The number of nitrogens with zero attached hydrogens (tertiary/aromatic N) is 1. The van der Waals surface area contributed by atoms with Crippen LogP contribution >= 0.6 is 0 Å². The molecule has 3 N–H and O–H groups in total. The first-order chi connectivity index (χ1) is 11.2. The van der Waals surface area contributed by atoms with Crippen LogP contribution in [0.1, 0.15) is 39.2 Å². The topological polar surface area (TPSA) is 103 Å². The molecule has 1 aromatic rings. The molecule has 1 rings (SSSR count). The number of ether oxygens (including phenoxy) is 3. The molecule has 0 saturated carbocycles. The van der Waals surface area contributed by atoms with E-state index in [0.29, 0.717) is 23.7 Å². The molecule has 0 aliphatic carbocycles. The molecule has 0 bridgehead atoms. The summed E-state index contributed by atoms with van der Waals surface area (Å²) in [5, 5.41) is 11.7. The number of hydrogen-bond donors (Lipinski definition) is 2. The highest BCUT2D eigenvalue weighted by Crippen LogP contribution is 2.32. The molecule has 134 valence electrons. The lowest BCUT2D eigenvalue weighted by Crippen LogP contribution is -2.39. The van der Waals surface area contributed by atoms with Crippen LogP contribution in [0, 0.1) is 0 Å². The molecule has 1 aromatic carbocycles. The van der Waals surface area contributed by atoms with Crippen molar-refractivity contribution in [3.63, 3.8) is 0 Å². The Hall–Kier alpha value is -2.28. The largest absolute Gasteiger partial charge is 0.493 e. The number of rotatable bonds is 7. The monoisotopic (exact) mass is 338 g/mol. The van der Waals surface area contributed by atoms with Gasteiger partial charge in [-0.2, -0.15) is 0 Å². The Bertz CT molecular complexity index is 581. The Morgan fingerprint density at radius 3 is 2.54 bits per heavy atom. The smallest absolute Gasteiger partial charge is 0.315 e. The standard InChI is InChI=1S/C17H26N2O5/c1-6-23-14-9-11(7-8-13(14)22-5)15(12(18)10-19-21)16(20)24-17(2,3)4/h7-10,12,15,21H,6,18H2,1-5H3. The quantitative estimate of drug-likeness (QED) is 0.342. The third-order valence-corrected chi connectivity index (χ3v) is 3.13. The molecule has 0 saturated heterocycles. The van der Waals surface area contributed by atoms with E-state index in [-0.39, 0.29) is 0 Å². The first-order valence-corrected chi connectivity index (χ1v) is 7.70. The molecule has 7 nitrogen and oxygen atoms in total. The van der Waals surface area contributed by atoms with Gasteiger partial charge in [0.05, 0.1) is 26.0 Å². The van der Waals surface area contributed by atoms with Crippen LogP contribution in [0.3, 0.4) is 0 Å². The van der Waals surface area contributed by atoms with Crippen molar-refractivity contribution in [3.8, 4) is 11.5 Å². The maximum atomic E-state index is 12.6. The van der Waals surface area contributed by atoms with Gasteiger partial charge in [-0.3, -0.25) is 4.79 Å². The normalized spacial score (nSPS) is 14.2. The summed E-state index contributed by atoms with van der Waals surface area (Å²) in [6.07, 6.45) is 1.10. The van der Waals surface area contributed by atoms with Crippen molar-refractivity contribution in [1.29, 1.82) is 0 Å². The second-order valence-corrected chi connectivity index (χ2v) is 6.20. The van der Waals surface area contributed by atoms with Crippen LogP contribution in [0.2, 0.25) is 0 Å². The summed E-state index contributed by atoms with van der Waals surface area (Å²) < 4.78 is 16.2. The summed E-state index contributed by atoms with van der Waals surface area (Å²) in [6, 6.07) is 4.23. The minimum Gasteiger partial charge on any atom is -0.493 e. The zero-order valence-electron chi connectivity index (χ0n) is 14.8. The van der Waals surface area contributed by atoms with E-state index in [1.54, 1.807) is 39.0 Å². The second kappa shape index (κ2) is 8.54. The number of carbonyl (C=O) groups is 1. The zero-order valence-corrected chi connectivity index (χ0v) is 14.8. The number of esters is 1. The predicted molar refractivity (Wildman–Crippen MR) is 91.0 cm³/mol. The first kappa shape index (κ1) is 19.8. The van der Waals surface area contributed by atoms with E-state index >= 15 is 0 Å². The third-order valence-electron chi connectivity index (χ3n) is 3.13. The molecule has 0 amide bonds. The van der Waals surface area contributed by atoms with Gasteiger partial charge in [0.2, 0.25) is 0 Å². The Labute approximate surface area is 142 Å². The minimum absolute atomic E-state index is 0.446. The SMILES string of the molecule is CCOc1cc(C(C(=O)OC(C)(C)C)C(N)C=NO)ccc1OC. The molecule has 0 aliphatic heterocycles. The minimum atomic E-state index is -0.854. The average molecular weight is 338 g/mol. The molecule has 24 heavy (non-hydrogen) atoms. The summed E-state index contributed by atoms with van der Waals surface area (Å²) in [7, 11) is 1.53. The Kier molecular flexibility index (Phi) is 7.03. The third kappa shape index (κ3) is 5.42. The predicted octanol–water partition coefficient (Wildman–Crippen LogP) is 2.31. The van der Waals surface area contributed by atoms with Crippen LogP contribution in [-0.2, 0) is 9.53 Å². The number of nitrogens with two attached hydrogens (primary N) is 1. The van der Waals surface area contributed by atoms with Gasteiger partial charge in [0.15, 0.2) is 11.5 Å². The van der Waals surface area contributed by atoms with Crippen LogP contribution in [0.25, 0.3) is 0 Å². The van der Waals surface area contributed by atoms with Crippen molar-refractivity contribution in [1.82, 2.24) is 0 Å². The van der Waals surface area contributed by atoms with E-state index in [1.807, 2.05) is 6.92 Å². The van der Waals surface area contributed by atoms with E-state index in [2.05, 4.69) is 5.16 Å². The fraction of sp³-hybridized carbons (Fsp3) is 0.529. The van der Waals surface area contributed by atoms with Crippen LogP contribution in [-0.4, -0.2) is 42.8 Å². The first-order valence-electron chi connectivity index (χ1n) is 7.70. The molecule has 2 unspecified atom stereocenters. The number of carbonyl (C=O) groups excluding carboxylic acids is 1. The van der Waals surface area contributed by atoms with Gasteiger partial charge in [-0.25, -0.2) is 0 Å². The average Bonchev–Trinajstić information content (AvgIpc) is 2.46. The van der Waals surface area contributed by atoms with E-state index in [1.165, 1.54) is 7.11 Å². The molecule has 2 atom stereocenters. The number of oxime groups is 1. The van der Waals surface area contributed by atoms with Gasteiger partial charge < -0.3 is 25.2 Å². The maximum absolute atomic E-state index is 12.6. The van der Waals surface area contributed by atoms with Gasteiger partial charge in [-0.15, -0.1) is 5.16 Å². The lowest BCUT2D eigenvalue weighted by Gasteiger charge is -2.26. The highest BCUT2D eigenvalue weighted by Gasteiger charge is 2.32. The van der Waals surface area contributed by atoms with Crippen LogP contribution in [0.15, 0.2) is 23.4 Å².